The molecule has 3 aromatic rings. The summed E-state index contributed by atoms with van der Waals surface area (Å²) in [6.45, 7) is 4.77. The lowest BCUT2D eigenvalue weighted by molar-refractivity contribution is -0.121. The standard InChI is InChI=1S/C31H28Cl2IN3O5S/c1-3-41-26-14-19(13-25(34)28(26)42-18-21-7-8-22(32)17-24(21)33)15-27-30(39)36(2)31(43-27)35-23-6-4-5-20(16-23)29(38)37-9-11-40-12-10-37/h4-8,13-17H,3,9-12,18H2,1-2H3/b27-15+,35-31?. The molecule has 3 aromatic carbocycles. The van der Waals surface area contributed by atoms with Gasteiger partial charge in [-0.15, -0.1) is 0 Å². The monoisotopic (exact) mass is 751 g/mol. The smallest absolute Gasteiger partial charge is 0.266 e. The van der Waals surface area contributed by atoms with Gasteiger partial charge in [0.25, 0.3) is 11.8 Å². The van der Waals surface area contributed by atoms with Gasteiger partial charge in [0.1, 0.15) is 6.61 Å². The Morgan fingerprint density at radius 3 is 2.65 bits per heavy atom. The number of carbonyl (C=O) groups excluding carboxylic acids is 2. The van der Waals surface area contributed by atoms with Gasteiger partial charge in [0.15, 0.2) is 16.7 Å². The van der Waals surface area contributed by atoms with Crippen molar-refractivity contribution in [3.8, 4) is 11.5 Å². The Bertz CT molecular complexity index is 1610. The number of ether oxygens (including phenoxy) is 3. The minimum atomic E-state index is -0.171. The molecule has 0 spiro atoms. The number of carbonyl (C=O) groups is 2. The number of amidine groups is 1. The number of rotatable bonds is 8. The molecule has 0 unspecified atom stereocenters. The van der Waals surface area contributed by atoms with Crippen LogP contribution >= 0.6 is 57.6 Å². The van der Waals surface area contributed by atoms with Crippen LogP contribution in [0.15, 0.2) is 64.5 Å². The first kappa shape index (κ1) is 31.6. The predicted molar refractivity (Wildman–Crippen MR) is 180 cm³/mol. The maximum absolute atomic E-state index is 13.2. The lowest BCUT2D eigenvalue weighted by Gasteiger charge is -2.26. The highest BCUT2D eigenvalue weighted by Crippen LogP contribution is 2.38. The van der Waals surface area contributed by atoms with Crippen molar-refractivity contribution >= 4 is 86.3 Å². The molecular weight excluding hydrogens is 724 g/mol. The van der Waals surface area contributed by atoms with Crippen LogP contribution < -0.4 is 9.47 Å². The average molecular weight is 752 g/mol. The summed E-state index contributed by atoms with van der Waals surface area (Å²) >= 11 is 15.8. The van der Waals surface area contributed by atoms with Crippen molar-refractivity contribution in [2.24, 2.45) is 4.99 Å². The van der Waals surface area contributed by atoms with Crippen LogP contribution in [0.4, 0.5) is 5.69 Å². The molecule has 0 atom stereocenters. The second kappa shape index (κ2) is 14.3. The van der Waals surface area contributed by atoms with Gasteiger partial charge in [0.2, 0.25) is 0 Å². The maximum atomic E-state index is 13.2. The Labute approximate surface area is 278 Å². The van der Waals surface area contributed by atoms with Gasteiger partial charge in [-0.3, -0.25) is 14.5 Å². The number of halogens is 3. The summed E-state index contributed by atoms with van der Waals surface area (Å²) in [5.41, 5.74) is 2.73. The molecule has 2 amide bonds. The molecule has 0 N–H and O–H groups in total. The Morgan fingerprint density at radius 2 is 1.91 bits per heavy atom. The molecule has 0 aromatic heterocycles. The first-order chi connectivity index (χ1) is 20.7. The van der Waals surface area contributed by atoms with Crippen molar-refractivity contribution in [3.63, 3.8) is 0 Å². The minimum absolute atomic E-state index is 0.0576. The summed E-state index contributed by atoms with van der Waals surface area (Å²) in [5.74, 6) is 0.922. The maximum Gasteiger partial charge on any atom is 0.266 e. The largest absolute Gasteiger partial charge is 0.490 e. The lowest BCUT2D eigenvalue weighted by Crippen LogP contribution is -2.40. The molecule has 43 heavy (non-hydrogen) atoms. The van der Waals surface area contributed by atoms with Crippen molar-refractivity contribution in [1.29, 1.82) is 0 Å². The van der Waals surface area contributed by atoms with E-state index < -0.39 is 0 Å². The van der Waals surface area contributed by atoms with Gasteiger partial charge < -0.3 is 19.1 Å². The number of amides is 2. The van der Waals surface area contributed by atoms with E-state index >= 15 is 0 Å². The normalized spacial score (nSPS) is 17.2. The number of morpholine rings is 1. The van der Waals surface area contributed by atoms with E-state index in [4.69, 9.17) is 42.4 Å². The number of likely N-dealkylation sites (N-methyl/N-ethyl adjacent to an activating group) is 1. The van der Waals surface area contributed by atoms with E-state index in [1.54, 1.807) is 42.3 Å². The molecule has 5 rings (SSSR count). The Morgan fingerprint density at radius 1 is 1.12 bits per heavy atom. The van der Waals surface area contributed by atoms with Gasteiger partial charge in [-0.1, -0.05) is 35.3 Å². The zero-order valence-electron chi connectivity index (χ0n) is 23.4. The highest BCUT2D eigenvalue weighted by atomic mass is 127. The third-order valence-corrected chi connectivity index (χ3v) is 9.08. The van der Waals surface area contributed by atoms with E-state index in [1.807, 2.05) is 37.3 Å². The van der Waals surface area contributed by atoms with Crippen LogP contribution in [0.3, 0.4) is 0 Å². The molecule has 0 bridgehead atoms. The third kappa shape index (κ3) is 7.66. The average Bonchev–Trinajstić information content (AvgIpc) is 3.25. The number of nitrogens with zero attached hydrogens (tertiary/aromatic N) is 3. The molecule has 2 fully saturated rings. The Kier molecular flexibility index (Phi) is 10.6. The van der Waals surface area contributed by atoms with Gasteiger partial charge >= 0.3 is 0 Å². The highest BCUT2D eigenvalue weighted by molar-refractivity contribution is 14.1. The molecule has 0 radical (unpaired) electrons. The Balaban J connectivity index is 1.35. The van der Waals surface area contributed by atoms with E-state index in [1.165, 1.54) is 16.7 Å². The molecule has 224 valence electrons. The molecule has 2 heterocycles. The zero-order chi connectivity index (χ0) is 30.5. The van der Waals surface area contributed by atoms with Gasteiger partial charge in [-0.25, -0.2) is 4.99 Å². The van der Waals surface area contributed by atoms with E-state index in [0.29, 0.717) is 75.8 Å². The molecule has 0 saturated carbocycles. The number of hydrogen-bond acceptors (Lipinski definition) is 7. The third-order valence-electron chi connectivity index (χ3n) is 6.64. The summed E-state index contributed by atoms with van der Waals surface area (Å²) in [6.07, 6.45) is 1.81. The summed E-state index contributed by atoms with van der Waals surface area (Å²) in [5, 5.41) is 1.60. The van der Waals surface area contributed by atoms with Gasteiger partial charge in [0.05, 0.1) is 34.0 Å². The molecule has 2 aliphatic heterocycles. The van der Waals surface area contributed by atoms with Gasteiger partial charge in [-0.05, 0) is 95.4 Å². The lowest BCUT2D eigenvalue weighted by atomic mass is 10.1. The Hall–Kier alpha value is -2.77. The quantitative estimate of drug-likeness (QED) is 0.178. The first-order valence-corrected chi connectivity index (χ1v) is 16.1. The fourth-order valence-corrected chi connectivity index (χ4v) is 6.66. The number of hydrogen-bond donors (Lipinski definition) is 0. The predicted octanol–water partition coefficient (Wildman–Crippen LogP) is 7.28. The van der Waals surface area contributed by atoms with Crippen LogP contribution in [-0.4, -0.2) is 66.7 Å². The number of thioether (sulfide) groups is 1. The van der Waals surface area contributed by atoms with Gasteiger partial charge in [0, 0.05) is 41.3 Å². The summed E-state index contributed by atoms with van der Waals surface area (Å²) < 4.78 is 18.2. The van der Waals surface area contributed by atoms with Crippen molar-refractivity contribution in [2.75, 3.05) is 40.0 Å². The van der Waals surface area contributed by atoms with Crippen LogP contribution in [0.1, 0.15) is 28.4 Å². The van der Waals surface area contributed by atoms with Crippen LogP contribution in [0.2, 0.25) is 10.0 Å². The van der Waals surface area contributed by atoms with Crippen molar-refractivity contribution < 1.29 is 23.8 Å². The molecule has 2 saturated heterocycles. The van der Waals surface area contributed by atoms with Crippen LogP contribution in [-0.2, 0) is 16.1 Å². The zero-order valence-corrected chi connectivity index (χ0v) is 27.9. The molecule has 12 heteroatoms. The molecule has 2 aliphatic rings. The van der Waals surface area contributed by atoms with E-state index in [2.05, 4.69) is 22.6 Å². The van der Waals surface area contributed by atoms with E-state index in [-0.39, 0.29) is 18.4 Å². The topological polar surface area (TPSA) is 80.7 Å². The SMILES string of the molecule is CCOc1cc(/C=C2/SC(=Nc3cccc(C(=O)N4CCOCC4)c3)N(C)C2=O)cc(I)c1OCc1ccc(Cl)cc1Cl. The summed E-state index contributed by atoms with van der Waals surface area (Å²) in [4.78, 5) is 34.6. The molecule has 0 aliphatic carbocycles. The minimum Gasteiger partial charge on any atom is -0.490 e. The first-order valence-electron chi connectivity index (χ1n) is 13.5. The molecule has 8 nitrogen and oxygen atoms in total. The highest BCUT2D eigenvalue weighted by Gasteiger charge is 2.31. The van der Waals surface area contributed by atoms with Crippen LogP contribution in [0.5, 0.6) is 11.5 Å². The van der Waals surface area contributed by atoms with E-state index in [0.717, 1.165) is 14.7 Å². The van der Waals surface area contributed by atoms with E-state index in [9.17, 15) is 9.59 Å². The number of benzene rings is 3. The fourth-order valence-electron chi connectivity index (χ4n) is 4.43. The number of aliphatic imine (C=N–C) groups is 1. The molecular formula is C31H28Cl2IN3O5S. The second-order valence-electron chi connectivity index (χ2n) is 9.61. The van der Waals surface area contributed by atoms with Crippen molar-refractivity contribution in [3.05, 3.63) is 89.8 Å². The summed E-state index contributed by atoms with van der Waals surface area (Å²) in [6, 6.07) is 16.2. The van der Waals surface area contributed by atoms with Crippen molar-refractivity contribution in [2.45, 2.75) is 13.5 Å². The van der Waals surface area contributed by atoms with Crippen LogP contribution in [0.25, 0.3) is 6.08 Å². The summed E-state index contributed by atoms with van der Waals surface area (Å²) in [7, 11) is 1.69. The fraction of sp³-hybridized carbons (Fsp3) is 0.258. The van der Waals surface area contributed by atoms with Gasteiger partial charge in [-0.2, -0.15) is 0 Å². The van der Waals surface area contributed by atoms with Crippen molar-refractivity contribution in [1.82, 2.24) is 9.80 Å². The van der Waals surface area contributed by atoms with Crippen LogP contribution in [0, 0.1) is 3.57 Å². The second-order valence-corrected chi connectivity index (χ2v) is 12.6.